The monoisotopic (exact) mass is 283 g/mol. The van der Waals surface area contributed by atoms with Gasteiger partial charge in [-0.1, -0.05) is 12.1 Å². The Morgan fingerprint density at radius 3 is 2.35 bits per heavy atom. The van der Waals surface area contributed by atoms with Gasteiger partial charge in [-0.15, -0.1) is 0 Å². The summed E-state index contributed by atoms with van der Waals surface area (Å²) in [5, 5.41) is 7.29. The fourth-order valence-corrected chi connectivity index (χ4v) is 2.20. The number of benzene rings is 1. The molecule has 0 aliphatic carbocycles. The van der Waals surface area contributed by atoms with Crippen LogP contribution in [0.4, 0.5) is 13.2 Å². The Hall–Kier alpha value is -1.82. The van der Waals surface area contributed by atoms with Crippen LogP contribution < -0.4 is 5.32 Å². The first kappa shape index (κ1) is 14.6. The zero-order chi connectivity index (χ0) is 14.8. The predicted molar refractivity (Wildman–Crippen MR) is 70.2 cm³/mol. The molecule has 0 bridgehead atoms. The third-order valence-corrected chi connectivity index (χ3v) is 3.20. The quantitative estimate of drug-likeness (QED) is 0.933. The molecule has 0 saturated carbocycles. The molecule has 6 heteroatoms. The van der Waals surface area contributed by atoms with Crippen molar-refractivity contribution in [3.8, 4) is 0 Å². The van der Waals surface area contributed by atoms with Gasteiger partial charge in [-0.3, -0.25) is 4.68 Å². The van der Waals surface area contributed by atoms with Gasteiger partial charge in [-0.05, 0) is 37.7 Å². The number of hydrogen-bond donors (Lipinski definition) is 1. The number of nitrogens with zero attached hydrogens (tertiary/aromatic N) is 2. The van der Waals surface area contributed by atoms with E-state index in [9.17, 15) is 13.2 Å². The highest BCUT2D eigenvalue weighted by Gasteiger charge is 2.30. The standard InChI is InChI=1S/C14H16F3N3/c1-3-20-12(8-9-19-20)13(18-2)10-4-6-11(7-5-10)14(15,16)17/h4-9,13,18H,3H2,1-2H3. The van der Waals surface area contributed by atoms with Gasteiger partial charge in [0.05, 0.1) is 17.3 Å². The highest BCUT2D eigenvalue weighted by Crippen LogP contribution is 2.30. The third-order valence-electron chi connectivity index (χ3n) is 3.20. The number of aromatic nitrogens is 2. The summed E-state index contributed by atoms with van der Waals surface area (Å²) < 4.78 is 39.5. The van der Waals surface area contributed by atoms with Crippen LogP contribution in [0.15, 0.2) is 36.5 Å². The number of hydrogen-bond acceptors (Lipinski definition) is 2. The number of halogens is 3. The first-order chi connectivity index (χ1) is 9.47. The van der Waals surface area contributed by atoms with Crippen molar-refractivity contribution in [3.05, 3.63) is 53.3 Å². The van der Waals surface area contributed by atoms with E-state index in [1.54, 1.807) is 13.2 Å². The Balaban J connectivity index is 2.33. The summed E-state index contributed by atoms with van der Waals surface area (Å²) in [7, 11) is 1.77. The van der Waals surface area contributed by atoms with Crippen LogP contribution in [0.3, 0.4) is 0 Å². The molecule has 20 heavy (non-hydrogen) atoms. The predicted octanol–water partition coefficient (Wildman–Crippen LogP) is 3.23. The van der Waals surface area contributed by atoms with Crippen molar-refractivity contribution < 1.29 is 13.2 Å². The fourth-order valence-electron chi connectivity index (χ4n) is 2.20. The van der Waals surface area contributed by atoms with E-state index in [1.807, 2.05) is 17.7 Å². The Morgan fingerprint density at radius 2 is 1.85 bits per heavy atom. The van der Waals surface area contributed by atoms with E-state index in [0.717, 1.165) is 23.4 Å². The average Bonchev–Trinajstić information content (AvgIpc) is 2.87. The minimum Gasteiger partial charge on any atom is -0.308 e. The van der Waals surface area contributed by atoms with Crippen LogP contribution in [0.2, 0.25) is 0 Å². The number of rotatable bonds is 4. The van der Waals surface area contributed by atoms with Gasteiger partial charge in [0, 0.05) is 12.7 Å². The van der Waals surface area contributed by atoms with Crippen molar-refractivity contribution >= 4 is 0 Å². The Bertz CT molecular complexity index is 558. The maximum absolute atomic E-state index is 12.6. The molecule has 0 aliphatic heterocycles. The van der Waals surface area contributed by atoms with Gasteiger partial charge in [0.15, 0.2) is 0 Å². The van der Waals surface area contributed by atoms with Crippen molar-refractivity contribution in [1.82, 2.24) is 15.1 Å². The van der Waals surface area contributed by atoms with Crippen LogP contribution in [-0.4, -0.2) is 16.8 Å². The third kappa shape index (κ3) is 2.85. The maximum Gasteiger partial charge on any atom is 0.416 e. The smallest absolute Gasteiger partial charge is 0.308 e. The Morgan fingerprint density at radius 1 is 1.20 bits per heavy atom. The van der Waals surface area contributed by atoms with Gasteiger partial charge < -0.3 is 5.32 Å². The molecule has 0 radical (unpaired) electrons. The molecule has 1 aromatic heterocycles. The molecule has 0 amide bonds. The lowest BCUT2D eigenvalue weighted by Gasteiger charge is -2.18. The number of alkyl halides is 3. The molecule has 3 nitrogen and oxygen atoms in total. The molecule has 108 valence electrons. The van der Waals surface area contributed by atoms with Gasteiger partial charge in [-0.25, -0.2) is 0 Å². The molecule has 0 saturated heterocycles. The summed E-state index contributed by atoms with van der Waals surface area (Å²) in [5.41, 5.74) is 1.06. The molecule has 0 fully saturated rings. The fraction of sp³-hybridized carbons (Fsp3) is 0.357. The molecule has 2 aromatic rings. The first-order valence-electron chi connectivity index (χ1n) is 6.33. The molecule has 1 unspecified atom stereocenters. The summed E-state index contributed by atoms with van der Waals surface area (Å²) in [6.45, 7) is 2.68. The van der Waals surface area contributed by atoms with Crippen LogP contribution in [0.5, 0.6) is 0 Å². The molecule has 0 spiro atoms. The lowest BCUT2D eigenvalue weighted by Crippen LogP contribution is -2.21. The van der Waals surface area contributed by atoms with E-state index in [0.29, 0.717) is 6.54 Å². The van der Waals surface area contributed by atoms with E-state index in [2.05, 4.69) is 10.4 Å². The largest absolute Gasteiger partial charge is 0.416 e. The van der Waals surface area contributed by atoms with E-state index < -0.39 is 11.7 Å². The van der Waals surface area contributed by atoms with Crippen molar-refractivity contribution in [1.29, 1.82) is 0 Å². The first-order valence-corrected chi connectivity index (χ1v) is 6.33. The SMILES string of the molecule is CCn1nccc1C(NC)c1ccc(C(F)(F)F)cc1. The minimum atomic E-state index is -4.31. The van der Waals surface area contributed by atoms with Crippen LogP contribution in [0.25, 0.3) is 0 Å². The van der Waals surface area contributed by atoms with E-state index in [1.165, 1.54) is 12.1 Å². The second-order valence-electron chi connectivity index (χ2n) is 4.41. The van der Waals surface area contributed by atoms with Crippen LogP contribution >= 0.6 is 0 Å². The summed E-state index contributed by atoms with van der Waals surface area (Å²) in [5.74, 6) is 0. The Kier molecular flexibility index (Phi) is 4.13. The maximum atomic E-state index is 12.6. The highest BCUT2D eigenvalue weighted by molar-refractivity contribution is 5.31. The summed E-state index contributed by atoms with van der Waals surface area (Å²) in [6, 6.07) is 6.88. The van der Waals surface area contributed by atoms with Gasteiger partial charge in [0.1, 0.15) is 0 Å². The van der Waals surface area contributed by atoms with E-state index in [4.69, 9.17) is 0 Å². The normalized spacial score (nSPS) is 13.4. The van der Waals surface area contributed by atoms with Gasteiger partial charge >= 0.3 is 6.18 Å². The topological polar surface area (TPSA) is 29.9 Å². The summed E-state index contributed by atoms with van der Waals surface area (Å²) >= 11 is 0. The molecule has 1 atom stereocenters. The van der Waals surface area contributed by atoms with Crippen molar-refractivity contribution in [3.63, 3.8) is 0 Å². The molecule has 2 rings (SSSR count). The number of nitrogens with one attached hydrogen (secondary N) is 1. The van der Waals surface area contributed by atoms with Crippen LogP contribution in [0.1, 0.15) is 29.8 Å². The molecule has 1 aromatic carbocycles. The lowest BCUT2D eigenvalue weighted by atomic mass is 10.0. The Labute approximate surface area is 115 Å². The zero-order valence-corrected chi connectivity index (χ0v) is 11.3. The summed E-state index contributed by atoms with van der Waals surface area (Å²) in [4.78, 5) is 0. The minimum absolute atomic E-state index is 0.181. The lowest BCUT2D eigenvalue weighted by molar-refractivity contribution is -0.137. The van der Waals surface area contributed by atoms with Crippen LogP contribution in [-0.2, 0) is 12.7 Å². The van der Waals surface area contributed by atoms with Gasteiger partial charge in [-0.2, -0.15) is 18.3 Å². The van der Waals surface area contributed by atoms with Gasteiger partial charge in [0.2, 0.25) is 0 Å². The highest BCUT2D eigenvalue weighted by atomic mass is 19.4. The number of aryl methyl sites for hydroxylation is 1. The average molecular weight is 283 g/mol. The molecule has 0 aliphatic rings. The van der Waals surface area contributed by atoms with E-state index in [-0.39, 0.29) is 6.04 Å². The van der Waals surface area contributed by atoms with E-state index >= 15 is 0 Å². The van der Waals surface area contributed by atoms with Crippen molar-refractivity contribution in [2.75, 3.05) is 7.05 Å². The van der Waals surface area contributed by atoms with Crippen molar-refractivity contribution in [2.45, 2.75) is 25.7 Å². The molecular weight excluding hydrogens is 267 g/mol. The van der Waals surface area contributed by atoms with Gasteiger partial charge in [0.25, 0.3) is 0 Å². The second-order valence-corrected chi connectivity index (χ2v) is 4.41. The zero-order valence-electron chi connectivity index (χ0n) is 11.3. The molecular formula is C14H16F3N3. The second kappa shape index (κ2) is 5.66. The summed E-state index contributed by atoms with van der Waals surface area (Å²) in [6.07, 6.45) is -2.62. The van der Waals surface area contributed by atoms with Crippen LogP contribution in [0, 0.1) is 0 Å². The molecule has 1 heterocycles. The van der Waals surface area contributed by atoms with Crippen molar-refractivity contribution in [2.24, 2.45) is 0 Å². The molecule has 1 N–H and O–H groups in total.